The summed E-state index contributed by atoms with van der Waals surface area (Å²) in [5.41, 5.74) is 8.85. The number of benzene rings is 8. The number of hydrogen-bond acceptors (Lipinski definition) is 3. The van der Waals surface area contributed by atoms with Crippen molar-refractivity contribution in [2.24, 2.45) is 0 Å². The molecule has 0 bridgehead atoms. The minimum absolute atomic E-state index is 0. The molecular weight excluding hydrogens is 968 g/mol. The van der Waals surface area contributed by atoms with Crippen molar-refractivity contribution in [3.05, 3.63) is 230 Å². The fourth-order valence-corrected chi connectivity index (χ4v) is 13.6. The predicted molar refractivity (Wildman–Crippen MR) is 261 cm³/mol. The van der Waals surface area contributed by atoms with Crippen molar-refractivity contribution in [1.82, 2.24) is 9.55 Å². The van der Waals surface area contributed by atoms with E-state index in [2.05, 4.69) is 181 Å². The molecule has 2 aromatic heterocycles. The van der Waals surface area contributed by atoms with Gasteiger partial charge in [0.2, 0.25) is 0 Å². The van der Waals surface area contributed by atoms with Crippen LogP contribution in [0.5, 0.6) is 0 Å². The Bertz CT molecular complexity index is 3130. The molecule has 10 aromatic rings. The first-order valence-electron chi connectivity index (χ1n) is 21.1. The zero-order chi connectivity index (χ0) is 42.0. The van der Waals surface area contributed by atoms with Crippen molar-refractivity contribution >= 4 is 73.4 Å². The third-order valence-electron chi connectivity index (χ3n) is 11.9. The Morgan fingerprint density at radius 1 is 0.603 bits per heavy atom. The second kappa shape index (κ2) is 17.9. The second-order valence-electron chi connectivity index (χ2n) is 15.9. The minimum atomic E-state index is -3.20. The summed E-state index contributed by atoms with van der Waals surface area (Å²) in [6, 6.07) is 80.1. The Kier molecular flexibility index (Phi) is 11.8. The third kappa shape index (κ3) is 7.61. The van der Waals surface area contributed by atoms with Gasteiger partial charge in [0.05, 0.1) is 5.69 Å². The molecule has 5 nitrogen and oxygen atoms in total. The van der Waals surface area contributed by atoms with Crippen LogP contribution in [0.25, 0.3) is 38.8 Å². The largest absolute Gasteiger partial charge is 0.354 e. The van der Waals surface area contributed by atoms with Crippen LogP contribution in [0.4, 0.5) is 22.7 Å². The summed E-state index contributed by atoms with van der Waals surface area (Å²) < 4.78 is 2.28. The number of aromatic nitrogens is 2. The molecule has 0 unspecified atom stereocenters. The molecular formula is C56H45N4OPtSi-. The molecule has 3 N–H and O–H groups in total. The van der Waals surface area contributed by atoms with Gasteiger partial charge in [-0.05, 0) is 80.8 Å². The van der Waals surface area contributed by atoms with Crippen LogP contribution in [0.15, 0.2) is 212 Å². The van der Waals surface area contributed by atoms with Gasteiger partial charge in [0.25, 0.3) is 0 Å². The van der Waals surface area contributed by atoms with E-state index in [0.29, 0.717) is 11.6 Å². The molecule has 0 saturated heterocycles. The number of nitrogens with zero attached hydrogens (tertiary/aromatic N) is 3. The molecule has 310 valence electrons. The Balaban J connectivity index is 0.00000504. The topological polar surface area (TPSA) is 56.0 Å². The van der Waals surface area contributed by atoms with Crippen LogP contribution >= 0.6 is 0 Å². The fourth-order valence-electron chi connectivity index (χ4n) is 9.02. The van der Waals surface area contributed by atoms with Gasteiger partial charge in [-0.25, -0.2) is 4.98 Å². The molecule has 0 aliphatic heterocycles. The average molecular weight is 1010 g/mol. The summed E-state index contributed by atoms with van der Waals surface area (Å²) in [5, 5.41) is 21.4. The molecule has 0 saturated carbocycles. The van der Waals surface area contributed by atoms with Crippen LogP contribution in [0.3, 0.4) is 0 Å². The second-order valence-corrected chi connectivity index (χ2v) is 19.6. The zero-order valence-corrected chi connectivity index (χ0v) is 38.2. The minimum Gasteiger partial charge on any atom is -0.354 e. The normalized spacial score (nSPS) is 11.4. The summed E-state index contributed by atoms with van der Waals surface area (Å²) in [6.45, 7) is 4.49. The van der Waals surface area contributed by atoms with Gasteiger partial charge in [-0.15, -0.1) is 16.5 Å². The van der Waals surface area contributed by atoms with Crippen LogP contribution in [0.2, 0.25) is 0 Å². The molecule has 0 aliphatic rings. The van der Waals surface area contributed by atoms with Gasteiger partial charge < -0.3 is 15.1 Å². The maximum absolute atomic E-state index is 9.64. The molecule has 0 fully saturated rings. The number of rotatable bonds is 11. The molecule has 7 heteroatoms. The fraction of sp³-hybridized carbons (Fsp3) is 0.0536. The summed E-state index contributed by atoms with van der Waals surface area (Å²) in [6.07, 6.45) is 1.93. The number of anilines is 4. The first kappa shape index (κ1) is 41.5. The molecule has 0 spiro atoms. The molecule has 0 radical (unpaired) electrons. The van der Waals surface area contributed by atoms with Crippen LogP contribution in [0.1, 0.15) is 25.3 Å². The first-order valence-corrected chi connectivity index (χ1v) is 23.1. The van der Waals surface area contributed by atoms with E-state index in [9.17, 15) is 5.21 Å². The number of pyridine rings is 1. The average Bonchev–Trinajstić information content (AvgIpc) is 3.67. The van der Waals surface area contributed by atoms with Gasteiger partial charge in [-0.2, -0.15) is 46.8 Å². The van der Waals surface area contributed by atoms with E-state index in [4.69, 9.17) is 4.98 Å². The van der Waals surface area contributed by atoms with E-state index >= 15 is 0 Å². The molecule has 63 heavy (non-hydrogen) atoms. The third-order valence-corrected chi connectivity index (χ3v) is 16.5. The van der Waals surface area contributed by atoms with E-state index in [1.165, 1.54) is 26.6 Å². The number of nitrogens with one attached hydrogen (secondary N) is 1. The zero-order valence-electron chi connectivity index (χ0n) is 34.9. The Morgan fingerprint density at radius 2 is 1.24 bits per heavy atom. The van der Waals surface area contributed by atoms with Crippen LogP contribution in [-0.2, 0) is 21.1 Å². The predicted octanol–water partition coefficient (Wildman–Crippen LogP) is 10.5. The molecule has 8 aromatic carbocycles. The van der Waals surface area contributed by atoms with Crippen molar-refractivity contribution in [1.29, 1.82) is 0 Å². The van der Waals surface area contributed by atoms with Gasteiger partial charge >= 0.3 is 0 Å². The Hall–Kier alpha value is -6.82. The number of para-hydroxylation sites is 4. The monoisotopic (exact) mass is 1010 g/mol. The Labute approximate surface area is 384 Å². The van der Waals surface area contributed by atoms with Crippen molar-refractivity contribution in [3.8, 4) is 16.9 Å². The van der Waals surface area contributed by atoms with Crippen molar-refractivity contribution < 1.29 is 26.3 Å². The number of fused-ring (bicyclic) bond motifs is 3. The number of hydrogen-bond donors (Lipinski definition) is 1. The molecule has 0 amide bonds. The standard InChI is InChI=1S/C56H44N4OSi.Pt/c1-40(2)48-27-12-13-28-49(48)41-35-36-57-56(37-41)59-53-31-16-14-29-50(53)51-34-33-47(39-55(51)59)62(44-22-8-4-9-23-44,45-24-10-5-11-25-45)46-26-18-21-43(38-46)60(61)54-32-17-15-30-52(54)58-42-19-6-3-7-20-42;/h3-37,40,58,61H,1-2H3;/q-2;/p+1. The van der Waals surface area contributed by atoms with Gasteiger partial charge in [-0.3, -0.25) is 0 Å². The van der Waals surface area contributed by atoms with E-state index < -0.39 is 8.07 Å². The van der Waals surface area contributed by atoms with E-state index in [1.807, 2.05) is 66.9 Å². The summed E-state index contributed by atoms with van der Waals surface area (Å²) in [7, 11) is -3.20. The van der Waals surface area contributed by atoms with E-state index in [-0.39, 0.29) is 21.1 Å². The van der Waals surface area contributed by atoms with Gasteiger partial charge in [0, 0.05) is 44.2 Å². The van der Waals surface area contributed by atoms with Gasteiger partial charge in [0.1, 0.15) is 19.6 Å². The molecule has 2 heterocycles. The summed E-state index contributed by atoms with van der Waals surface area (Å²) >= 11 is 0. The SMILES string of the molecule is CC(C)c1ccccc1-c1ccnc(-n2c3[c-]c([Si](c4[c-]c(N([OH2+])c5ccccc5Nc5ccccc5)ccc4)(c4ccccc4)c4ccccc4)ccc3c3ccccc32)c1.[Pt]. The van der Waals surface area contributed by atoms with Crippen molar-refractivity contribution in [2.45, 2.75) is 19.8 Å². The van der Waals surface area contributed by atoms with Crippen LogP contribution < -0.4 is 31.1 Å². The smallest absolute Gasteiger partial charge is 0.136 e. The Morgan fingerprint density at radius 3 is 1.98 bits per heavy atom. The quantitative estimate of drug-likeness (QED) is 0.0462. The van der Waals surface area contributed by atoms with Gasteiger partial charge in [-0.1, -0.05) is 153 Å². The van der Waals surface area contributed by atoms with E-state index in [0.717, 1.165) is 60.6 Å². The van der Waals surface area contributed by atoms with Crippen molar-refractivity contribution in [3.63, 3.8) is 0 Å². The van der Waals surface area contributed by atoms with Crippen LogP contribution in [-0.4, -0.2) is 22.8 Å². The summed E-state index contributed by atoms with van der Waals surface area (Å²) in [5.74, 6) is 1.22. The van der Waals surface area contributed by atoms with Crippen molar-refractivity contribution in [2.75, 3.05) is 10.4 Å². The summed E-state index contributed by atoms with van der Waals surface area (Å²) in [4.78, 5) is 5.06. The van der Waals surface area contributed by atoms with E-state index in [1.54, 1.807) is 0 Å². The first-order chi connectivity index (χ1) is 30.5. The molecule has 0 atom stereocenters. The van der Waals surface area contributed by atoms with Gasteiger partial charge in [0.15, 0.2) is 0 Å². The molecule has 0 aliphatic carbocycles. The van der Waals surface area contributed by atoms with Crippen LogP contribution in [0, 0.1) is 12.1 Å². The molecule has 10 rings (SSSR count). The maximum Gasteiger partial charge on any atom is 0.136 e. The maximum atomic E-state index is 9.64.